The zero-order valence-electron chi connectivity index (χ0n) is 11.6. The van der Waals surface area contributed by atoms with E-state index in [0.29, 0.717) is 6.04 Å². The molecule has 110 valence electrons. The van der Waals surface area contributed by atoms with E-state index in [-0.39, 0.29) is 5.92 Å². The second kappa shape index (κ2) is 7.65. The van der Waals surface area contributed by atoms with Crippen molar-refractivity contribution in [2.45, 2.75) is 44.6 Å². The number of aryl methyl sites for hydroxylation is 1. The van der Waals surface area contributed by atoms with Crippen LogP contribution in [0.15, 0.2) is 24.3 Å². The Bertz CT molecular complexity index is 425. The fourth-order valence-electron chi connectivity index (χ4n) is 2.79. The van der Waals surface area contributed by atoms with Crippen molar-refractivity contribution >= 4 is 17.6 Å². The normalized spacial score (nSPS) is 22.6. The number of benzene rings is 1. The summed E-state index contributed by atoms with van der Waals surface area (Å²) in [4.78, 5) is 10.9. The zero-order valence-corrected chi connectivity index (χ0v) is 12.4. The number of carboxylic acids is 1. The first kappa shape index (κ1) is 15.3. The second-order valence-corrected chi connectivity index (χ2v) is 6.01. The molecule has 1 aromatic carbocycles. The molecule has 2 rings (SSSR count). The Morgan fingerprint density at radius 1 is 1.20 bits per heavy atom. The maximum absolute atomic E-state index is 10.9. The largest absolute Gasteiger partial charge is 0.481 e. The molecule has 4 heteroatoms. The summed E-state index contributed by atoms with van der Waals surface area (Å²) >= 11 is 5.85. The van der Waals surface area contributed by atoms with Crippen molar-refractivity contribution in [2.75, 3.05) is 6.54 Å². The molecule has 1 aliphatic rings. The van der Waals surface area contributed by atoms with Gasteiger partial charge in [-0.2, -0.15) is 0 Å². The number of hydrogen-bond donors (Lipinski definition) is 2. The monoisotopic (exact) mass is 295 g/mol. The van der Waals surface area contributed by atoms with Gasteiger partial charge in [0.05, 0.1) is 5.92 Å². The minimum absolute atomic E-state index is 0.123. The highest BCUT2D eigenvalue weighted by Gasteiger charge is 2.25. The van der Waals surface area contributed by atoms with Gasteiger partial charge in [-0.25, -0.2) is 0 Å². The molecule has 20 heavy (non-hydrogen) atoms. The van der Waals surface area contributed by atoms with Crippen LogP contribution in [0, 0.1) is 5.92 Å². The van der Waals surface area contributed by atoms with Crippen LogP contribution < -0.4 is 5.32 Å². The number of carbonyl (C=O) groups is 1. The highest BCUT2D eigenvalue weighted by atomic mass is 35.5. The van der Waals surface area contributed by atoms with Crippen molar-refractivity contribution < 1.29 is 9.90 Å². The van der Waals surface area contributed by atoms with Gasteiger partial charge in [-0.05, 0) is 62.8 Å². The molecule has 0 saturated heterocycles. The highest BCUT2D eigenvalue weighted by Crippen LogP contribution is 2.24. The van der Waals surface area contributed by atoms with Gasteiger partial charge in [0.1, 0.15) is 0 Å². The molecule has 3 nitrogen and oxygen atoms in total. The molecule has 1 aromatic rings. The summed E-state index contributed by atoms with van der Waals surface area (Å²) < 4.78 is 0. The number of halogens is 1. The molecule has 0 amide bonds. The van der Waals surface area contributed by atoms with E-state index in [9.17, 15) is 4.79 Å². The van der Waals surface area contributed by atoms with Crippen molar-refractivity contribution in [1.29, 1.82) is 0 Å². The Morgan fingerprint density at radius 3 is 2.45 bits per heavy atom. The molecule has 1 aliphatic carbocycles. The van der Waals surface area contributed by atoms with Crippen molar-refractivity contribution in [1.82, 2.24) is 5.32 Å². The van der Waals surface area contributed by atoms with E-state index in [1.807, 2.05) is 12.1 Å². The van der Waals surface area contributed by atoms with E-state index in [0.717, 1.165) is 50.1 Å². The highest BCUT2D eigenvalue weighted by molar-refractivity contribution is 6.30. The summed E-state index contributed by atoms with van der Waals surface area (Å²) in [6.45, 7) is 0.991. The summed E-state index contributed by atoms with van der Waals surface area (Å²) in [7, 11) is 0. The third-order valence-electron chi connectivity index (χ3n) is 4.06. The Balaban J connectivity index is 1.60. The first-order valence-electron chi connectivity index (χ1n) is 7.36. The third-order valence-corrected chi connectivity index (χ3v) is 4.32. The summed E-state index contributed by atoms with van der Waals surface area (Å²) in [5.74, 6) is -0.756. The molecule has 1 saturated carbocycles. The maximum Gasteiger partial charge on any atom is 0.306 e. The van der Waals surface area contributed by atoms with Crippen LogP contribution in [-0.2, 0) is 11.2 Å². The number of carboxylic acid groups (broad SMARTS) is 1. The van der Waals surface area contributed by atoms with Crippen LogP contribution in [0.3, 0.4) is 0 Å². The molecule has 2 N–H and O–H groups in total. The molecule has 0 bridgehead atoms. The molecule has 1 fully saturated rings. The third kappa shape index (κ3) is 4.80. The molecular formula is C16H22ClNO2. The molecule has 0 aromatic heterocycles. The maximum atomic E-state index is 10.9. The van der Waals surface area contributed by atoms with E-state index in [2.05, 4.69) is 17.4 Å². The van der Waals surface area contributed by atoms with Crippen molar-refractivity contribution in [3.8, 4) is 0 Å². The van der Waals surface area contributed by atoms with Crippen LogP contribution in [0.2, 0.25) is 5.02 Å². The minimum atomic E-state index is -0.633. The Morgan fingerprint density at radius 2 is 1.85 bits per heavy atom. The SMILES string of the molecule is O=C(O)C1CCC(NCCCc2ccc(Cl)cc2)CC1. The summed E-state index contributed by atoms with van der Waals surface area (Å²) in [6.07, 6.45) is 5.74. The lowest BCUT2D eigenvalue weighted by molar-refractivity contribution is -0.142. The van der Waals surface area contributed by atoms with Crippen molar-refractivity contribution in [3.05, 3.63) is 34.9 Å². The molecular weight excluding hydrogens is 274 g/mol. The van der Waals surface area contributed by atoms with E-state index < -0.39 is 5.97 Å². The van der Waals surface area contributed by atoms with Gasteiger partial charge in [-0.15, -0.1) is 0 Å². The predicted octanol–water partition coefficient (Wildman–Crippen LogP) is 3.51. The number of nitrogens with one attached hydrogen (secondary N) is 1. The molecule has 0 unspecified atom stereocenters. The van der Waals surface area contributed by atoms with Crippen molar-refractivity contribution in [2.24, 2.45) is 5.92 Å². The van der Waals surface area contributed by atoms with Gasteiger partial charge in [0, 0.05) is 11.1 Å². The molecule has 0 heterocycles. The van der Waals surface area contributed by atoms with Gasteiger partial charge in [0.2, 0.25) is 0 Å². The number of hydrogen-bond acceptors (Lipinski definition) is 2. The summed E-state index contributed by atoms with van der Waals surface area (Å²) in [5, 5.41) is 13.3. The lowest BCUT2D eigenvalue weighted by atomic mass is 9.86. The Kier molecular flexibility index (Phi) is 5.86. The summed E-state index contributed by atoms with van der Waals surface area (Å²) in [6, 6.07) is 8.49. The van der Waals surface area contributed by atoms with Gasteiger partial charge in [0.25, 0.3) is 0 Å². The van der Waals surface area contributed by atoms with Crippen LogP contribution in [0.25, 0.3) is 0 Å². The second-order valence-electron chi connectivity index (χ2n) is 5.57. The first-order valence-corrected chi connectivity index (χ1v) is 7.73. The first-order chi connectivity index (χ1) is 9.65. The standard InChI is InChI=1S/C16H22ClNO2/c17-14-7-3-12(4-8-14)2-1-11-18-15-9-5-13(6-10-15)16(19)20/h3-4,7-8,13,15,18H,1-2,5-6,9-11H2,(H,19,20). The summed E-state index contributed by atoms with van der Waals surface area (Å²) in [5.41, 5.74) is 1.31. The van der Waals surface area contributed by atoms with E-state index >= 15 is 0 Å². The Labute approximate surface area is 125 Å². The fourth-order valence-corrected chi connectivity index (χ4v) is 2.92. The van der Waals surface area contributed by atoms with E-state index in [1.54, 1.807) is 0 Å². The average molecular weight is 296 g/mol. The molecule has 0 atom stereocenters. The van der Waals surface area contributed by atoms with Gasteiger partial charge in [0.15, 0.2) is 0 Å². The quantitative estimate of drug-likeness (QED) is 0.790. The van der Waals surface area contributed by atoms with Gasteiger partial charge < -0.3 is 10.4 Å². The van der Waals surface area contributed by atoms with Crippen LogP contribution in [-0.4, -0.2) is 23.7 Å². The molecule has 0 spiro atoms. The van der Waals surface area contributed by atoms with Gasteiger partial charge in [-0.1, -0.05) is 23.7 Å². The molecule has 0 radical (unpaired) electrons. The van der Waals surface area contributed by atoms with Crippen LogP contribution >= 0.6 is 11.6 Å². The van der Waals surface area contributed by atoms with Gasteiger partial charge >= 0.3 is 5.97 Å². The topological polar surface area (TPSA) is 49.3 Å². The number of aliphatic carboxylic acids is 1. The van der Waals surface area contributed by atoms with Crippen LogP contribution in [0.5, 0.6) is 0 Å². The fraction of sp³-hybridized carbons (Fsp3) is 0.562. The van der Waals surface area contributed by atoms with Gasteiger partial charge in [-0.3, -0.25) is 4.79 Å². The van der Waals surface area contributed by atoms with E-state index in [4.69, 9.17) is 16.7 Å². The zero-order chi connectivity index (χ0) is 14.4. The van der Waals surface area contributed by atoms with Crippen LogP contribution in [0.4, 0.5) is 0 Å². The lowest BCUT2D eigenvalue weighted by Gasteiger charge is -2.26. The van der Waals surface area contributed by atoms with Crippen molar-refractivity contribution in [3.63, 3.8) is 0 Å². The smallest absolute Gasteiger partial charge is 0.306 e. The average Bonchev–Trinajstić information content (AvgIpc) is 2.46. The number of rotatable bonds is 6. The predicted molar refractivity (Wildman–Crippen MR) is 81.2 cm³/mol. The Hall–Kier alpha value is -1.06. The minimum Gasteiger partial charge on any atom is -0.481 e. The van der Waals surface area contributed by atoms with E-state index in [1.165, 1.54) is 5.56 Å². The lowest BCUT2D eigenvalue weighted by Crippen LogP contribution is -2.35. The molecule has 0 aliphatic heterocycles. The van der Waals surface area contributed by atoms with Crippen LogP contribution in [0.1, 0.15) is 37.7 Å².